The van der Waals surface area contributed by atoms with Gasteiger partial charge in [-0.3, -0.25) is 14.9 Å². The summed E-state index contributed by atoms with van der Waals surface area (Å²) in [4.78, 5) is 42.4. The smallest absolute Gasteiger partial charge is 0.392 e. The Hall–Kier alpha value is -2.88. The minimum atomic E-state index is -0.598. The Kier molecular flexibility index (Phi) is 5.99. The number of benzene rings is 1. The largest absolute Gasteiger partial charge is 0.414 e. The lowest BCUT2D eigenvalue weighted by atomic mass is 9.88. The van der Waals surface area contributed by atoms with Crippen LogP contribution in [-0.2, 0) is 9.57 Å². The fourth-order valence-electron chi connectivity index (χ4n) is 4.26. The number of hydrogen-bond donors (Lipinski definition) is 1. The van der Waals surface area contributed by atoms with Crippen LogP contribution in [0.1, 0.15) is 55.3 Å². The van der Waals surface area contributed by atoms with Crippen LogP contribution in [0, 0.1) is 10.1 Å². The summed E-state index contributed by atoms with van der Waals surface area (Å²) >= 11 is 6.09. The molecule has 0 bridgehead atoms. The maximum absolute atomic E-state index is 12.8. The van der Waals surface area contributed by atoms with Gasteiger partial charge in [0, 0.05) is 44.1 Å². The summed E-state index contributed by atoms with van der Waals surface area (Å²) in [6, 6.07) is 3.97. The molecule has 2 aliphatic heterocycles. The number of non-ortho nitro benzene ring substituents is 1. The number of amides is 2. The van der Waals surface area contributed by atoms with Gasteiger partial charge in [-0.1, -0.05) is 29.6 Å². The van der Waals surface area contributed by atoms with Gasteiger partial charge >= 0.3 is 6.09 Å². The first-order valence-electron chi connectivity index (χ1n) is 10.3. The first-order chi connectivity index (χ1) is 14.8. The maximum atomic E-state index is 12.8. The lowest BCUT2D eigenvalue weighted by Gasteiger charge is -2.37. The highest BCUT2D eigenvalue weighted by atomic mass is 35.5. The second-order valence-corrected chi connectivity index (χ2v) is 8.57. The van der Waals surface area contributed by atoms with Crippen LogP contribution in [0.25, 0.3) is 0 Å². The van der Waals surface area contributed by atoms with E-state index in [-0.39, 0.29) is 34.1 Å². The van der Waals surface area contributed by atoms with Crippen LogP contribution in [0.15, 0.2) is 23.4 Å². The number of nitrogens with zero attached hydrogens (tertiary/aromatic N) is 3. The zero-order chi connectivity index (χ0) is 22.0. The van der Waals surface area contributed by atoms with Crippen molar-refractivity contribution in [2.24, 2.45) is 5.16 Å². The van der Waals surface area contributed by atoms with Gasteiger partial charge in [0.15, 0.2) is 0 Å². The summed E-state index contributed by atoms with van der Waals surface area (Å²) in [5.41, 5.74) is -0.543. The molecule has 1 aromatic rings. The minimum absolute atomic E-state index is 0.0453. The highest BCUT2D eigenvalue weighted by Crippen LogP contribution is 2.36. The maximum Gasteiger partial charge on any atom is 0.414 e. The number of carbonyl (C=O) groups is 2. The molecule has 0 unspecified atom stereocenters. The number of oxime groups is 1. The number of nitrogens with one attached hydrogen (secondary N) is 1. The van der Waals surface area contributed by atoms with E-state index in [0.29, 0.717) is 32.4 Å². The highest BCUT2D eigenvalue weighted by Gasteiger charge is 2.44. The Morgan fingerprint density at radius 3 is 2.65 bits per heavy atom. The molecule has 1 spiro atoms. The monoisotopic (exact) mass is 450 g/mol. The number of likely N-dealkylation sites (tertiary alicyclic amines) is 1. The van der Waals surface area contributed by atoms with Gasteiger partial charge in [-0.25, -0.2) is 4.79 Å². The van der Waals surface area contributed by atoms with Crippen LogP contribution >= 0.6 is 11.6 Å². The molecule has 2 heterocycles. The molecule has 1 saturated carbocycles. The average Bonchev–Trinajstić information content (AvgIpc) is 3.38. The minimum Gasteiger partial charge on any atom is -0.392 e. The second-order valence-electron chi connectivity index (χ2n) is 8.16. The fraction of sp³-hybridized carbons (Fsp3) is 0.550. The second kappa shape index (κ2) is 8.70. The van der Waals surface area contributed by atoms with Gasteiger partial charge in [0.25, 0.3) is 11.6 Å². The predicted molar refractivity (Wildman–Crippen MR) is 111 cm³/mol. The molecular weight excluding hydrogens is 428 g/mol. The van der Waals surface area contributed by atoms with Crippen molar-refractivity contribution in [1.82, 2.24) is 10.2 Å². The molecular formula is C20H23ClN4O6. The number of halogens is 1. The summed E-state index contributed by atoms with van der Waals surface area (Å²) < 4.78 is 5.31. The third-order valence-corrected chi connectivity index (χ3v) is 6.37. The Bertz CT molecular complexity index is 922. The SMILES string of the molecule is O=C(NC1CCCC1)OC1=NOC2(CCN(C(=O)c3ccc([N+](=O)[O-])cc3Cl)CC2)C1. The molecule has 1 N–H and O–H groups in total. The lowest BCUT2D eigenvalue weighted by molar-refractivity contribution is -0.384. The molecule has 2 fully saturated rings. The molecule has 11 heteroatoms. The van der Waals surface area contributed by atoms with Crippen molar-refractivity contribution in [2.75, 3.05) is 13.1 Å². The van der Waals surface area contributed by atoms with Gasteiger partial charge in [-0.2, -0.15) is 0 Å². The zero-order valence-corrected chi connectivity index (χ0v) is 17.6. The zero-order valence-electron chi connectivity index (χ0n) is 16.8. The molecule has 166 valence electrons. The predicted octanol–water partition coefficient (Wildman–Crippen LogP) is 3.63. The van der Waals surface area contributed by atoms with Crippen molar-refractivity contribution in [3.63, 3.8) is 0 Å². The van der Waals surface area contributed by atoms with Crippen LogP contribution in [0.5, 0.6) is 0 Å². The normalized spacial score (nSPS) is 20.3. The number of nitro benzene ring substituents is 1. The third kappa shape index (κ3) is 4.73. The molecule has 4 rings (SSSR count). The van der Waals surface area contributed by atoms with Crippen LogP contribution in [0.2, 0.25) is 5.02 Å². The number of piperidine rings is 1. The summed E-state index contributed by atoms with van der Waals surface area (Å²) in [7, 11) is 0. The Labute approximate surface area is 183 Å². The van der Waals surface area contributed by atoms with Crippen molar-refractivity contribution < 1.29 is 24.1 Å². The number of nitro groups is 1. The van der Waals surface area contributed by atoms with E-state index in [1.807, 2.05) is 0 Å². The Morgan fingerprint density at radius 1 is 1.29 bits per heavy atom. The van der Waals surface area contributed by atoms with Gasteiger partial charge in [0.1, 0.15) is 5.60 Å². The Balaban J connectivity index is 1.29. The van der Waals surface area contributed by atoms with Crippen molar-refractivity contribution in [1.29, 1.82) is 0 Å². The quantitative estimate of drug-likeness (QED) is 0.554. The summed E-state index contributed by atoms with van der Waals surface area (Å²) in [6.07, 6.45) is 5.04. The molecule has 1 saturated heterocycles. The highest BCUT2D eigenvalue weighted by molar-refractivity contribution is 6.34. The van der Waals surface area contributed by atoms with E-state index >= 15 is 0 Å². The van der Waals surface area contributed by atoms with E-state index in [4.69, 9.17) is 21.2 Å². The molecule has 3 aliphatic rings. The number of alkyl carbamates (subject to hydrolysis) is 1. The first kappa shape index (κ1) is 21.4. The number of rotatable bonds is 3. The summed E-state index contributed by atoms with van der Waals surface area (Å²) in [5, 5.41) is 17.7. The molecule has 0 aromatic heterocycles. The van der Waals surface area contributed by atoms with E-state index < -0.39 is 16.6 Å². The standard InChI is InChI=1S/C20H23ClN4O6/c21-16-11-14(25(28)29)5-6-15(16)18(26)24-9-7-20(8-10-24)12-17(23-31-20)30-19(27)22-13-3-1-2-4-13/h5-6,11,13H,1-4,7-10,12H2,(H,22,27). The Morgan fingerprint density at radius 2 is 2.00 bits per heavy atom. The molecule has 0 radical (unpaired) electrons. The van der Waals surface area contributed by atoms with Gasteiger partial charge in [0.05, 0.1) is 21.9 Å². The lowest BCUT2D eigenvalue weighted by Crippen LogP contribution is -2.47. The molecule has 31 heavy (non-hydrogen) atoms. The fourth-order valence-corrected chi connectivity index (χ4v) is 4.52. The molecule has 2 amide bonds. The average molecular weight is 451 g/mol. The van der Waals surface area contributed by atoms with Crippen molar-refractivity contribution in [3.8, 4) is 0 Å². The number of carbonyl (C=O) groups excluding carboxylic acids is 2. The third-order valence-electron chi connectivity index (χ3n) is 6.06. The topological polar surface area (TPSA) is 123 Å². The van der Waals surface area contributed by atoms with Crippen molar-refractivity contribution >= 4 is 35.2 Å². The van der Waals surface area contributed by atoms with E-state index in [0.717, 1.165) is 25.7 Å². The van der Waals surface area contributed by atoms with Gasteiger partial charge in [-0.15, -0.1) is 0 Å². The summed E-state index contributed by atoms with van der Waals surface area (Å²) in [6.45, 7) is 0.812. The summed E-state index contributed by atoms with van der Waals surface area (Å²) in [5.74, 6) is -0.0465. The molecule has 10 nitrogen and oxygen atoms in total. The van der Waals surface area contributed by atoms with Crippen molar-refractivity contribution in [2.45, 2.75) is 56.6 Å². The molecule has 0 atom stereocenters. The van der Waals surface area contributed by atoms with E-state index in [2.05, 4.69) is 10.5 Å². The van der Waals surface area contributed by atoms with E-state index in [1.54, 1.807) is 4.90 Å². The van der Waals surface area contributed by atoms with Gasteiger partial charge in [0.2, 0.25) is 5.90 Å². The first-order valence-corrected chi connectivity index (χ1v) is 10.7. The van der Waals surface area contributed by atoms with Crippen LogP contribution in [-0.4, -0.2) is 52.5 Å². The molecule has 1 aliphatic carbocycles. The molecule has 1 aromatic carbocycles. The number of hydrogen-bond acceptors (Lipinski definition) is 7. The van der Waals surface area contributed by atoms with E-state index in [9.17, 15) is 19.7 Å². The van der Waals surface area contributed by atoms with Crippen molar-refractivity contribution in [3.05, 3.63) is 38.9 Å². The van der Waals surface area contributed by atoms with Gasteiger partial charge in [-0.05, 0) is 18.9 Å². The van der Waals surface area contributed by atoms with E-state index in [1.165, 1.54) is 18.2 Å². The van der Waals surface area contributed by atoms with Crippen LogP contribution in [0.3, 0.4) is 0 Å². The number of ether oxygens (including phenoxy) is 1. The van der Waals surface area contributed by atoms with Crippen LogP contribution < -0.4 is 5.32 Å². The van der Waals surface area contributed by atoms with Gasteiger partial charge < -0.3 is 19.8 Å². The van der Waals surface area contributed by atoms with Crippen LogP contribution in [0.4, 0.5) is 10.5 Å².